The van der Waals surface area contributed by atoms with Crippen molar-refractivity contribution in [3.63, 3.8) is 0 Å². The first-order valence-corrected chi connectivity index (χ1v) is 9.79. The maximum atomic E-state index is 12.5. The van der Waals surface area contributed by atoms with Crippen LogP contribution in [0.5, 0.6) is 11.5 Å². The fourth-order valence-corrected chi connectivity index (χ4v) is 3.39. The molecule has 3 rings (SSSR count). The van der Waals surface area contributed by atoms with Gasteiger partial charge in [0, 0.05) is 30.4 Å². The third-order valence-corrected chi connectivity index (χ3v) is 4.93. The van der Waals surface area contributed by atoms with Gasteiger partial charge in [-0.05, 0) is 48.7 Å². The number of carbonyl (C=O) groups excluding carboxylic acids is 2. The van der Waals surface area contributed by atoms with Crippen molar-refractivity contribution in [3.05, 3.63) is 42.0 Å². The van der Waals surface area contributed by atoms with E-state index >= 15 is 0 Å². The monoisotopic (exact) mass is 397 g/mol. The zero-order chi connectivity index (χ0) is 20.8. The Morgan fingerprint density at radius 2 is 1.90 bits per heavy atom. The highest BCUT2D eigenvalue weighted by Gasteiger charge is 2.24. The maximum Gasteiger partial charge on any atom is 0.323 e. The largest absolute Gasteiger partial charge is 0.497 e. The zero-order valence-electron chi connectivity index (χ0n) is 17.1. The lowest BCUT2D eigenvalue weighted by molar-refractivity contribution is -0.118. The van der Waals surface area contributed by atoms with Crippen molar-refractivity contribution < 1.29 is 19.1 Å². The molecule has 0 bridgehead atoms. The van der Waals surface area contributed by atoms with Crippen LogP contribution in [0.1, 0.15) is 31.7 Å². The number of benzene rings is 2. The van der Waals surface area contributed by atoms with Gasteiger partial charge in [-0.2, -0.15) is 0 Å². The van der Waals surface area contributed by atoms with E-state index in [0.29, 0.717) is 35.7 Å². The fourth-order valence-electron chi connectivity index (χ4n) is 3.39. The smallest absolute Gasteiger partial charge is 0.323 e. The second kappa shape index (κ2) is 9.32. The topological polar surface area (TPSA) is 79.9 Å². The molecule has 0 aromatic heterocycles. The second-order valence-electron chi connectivity index (χ2n) is 6.89. The minimum atomic E-state index is -0.372. The number of urea groups is 1. The van der Waals surface area contributed by atoms with Gasteiger partial charge in [0.05, 0.1) is 19.9 Å². The number of hydrogen-bond donors (Lipinski definition) is 2. The summed E-state index contributed by atoms with van der Waals surface area (Å²) in [7, 11) is 3.11. The number of carbonyl (C=O) groups is 2. The van der Waals surface area contributed by atoms with Crippen molar-refractivity contribution in [1.82, 2.24) is 0 Å². The van der Waals surface area contributed by atoms with Crippen LogP contribution in [0.4, 0.5) is 21.9 Å². The van der Waals surface area contributed by atoms with Gasteiger partial charge in [-0.3, -0.25) is 4.79 Å². The number of rotatable bonds is 7. The number of aryl methyl sites for hydroxylation is 1. The van der Waals surface area contributed by atoms with E-state index in [1.807, 2.05) is 23.1 Å². The minimum Gasteiger partial charge on any atom is -0.497 e. The first kappa shape index (κ1) is 20.5. The molecule has 1 aliphatic heterocycles. The van der Waals surface area contributed by atoms with E-state index in [9.17, 15) is 9.59 Å². The van der Waals surface area contributed by atoms with Crippen molar-refractivity contribution in [3.8, 4) is 11.5 Å². The molecule has 1 heterocycles. The highest BCUT2D eigenvalue weighted by molar-refractivity contribution is 6.01. The number of nitrogens with one attached hydrogen (secondary N) is 2. The summed E-state index contributed by atoms with van der Waals surface area (Å²) in [4.78, 5) is 26.6. The van der Waals surface area contributed by atoms with E-state index < -0.39 is 0 Å². The average Bonchev–Trinajstić information content (AvgIpc) is 2.73. The van der Waals surface area contributed by atoms with Crippen LogP contribution in [0.2, 0.25) is 0 Å². The van der Waals surface area contributed by atoms with E-state index in [2.05, 4.69) is 17.6 Å². The first-order chi connectivity index (χ1) is 14.0. The van der Waals surface area contributed by atoms with Crippen LogP contribution in [-0.2, 0) is 11.2 Å². The maximum absolute atomic E-state index is 12.5. The standard InChI is InChI=1S/C22H27N3O4/c1-4-5-12-25-19-10-7-16(13-15(19)6-11-21(25)26)23-22(27)24-18-9-8-17(28-2)14-20(18)29-3/h7-10,13-14H,4-6,11-12H2,1-3H3,(H2,23,24,27). The lowest BCUT2D eigenvalue weighted by Crippen LogP contribution is -2.35. The van der Waals surface area contributed by atoms with Crippen molar-refractivity contribution in [2.24, 2.45) is 0 Å². The lowest BCUT2D eigenvalue weighted by atomic mass is 10.00. The van der Waals surface area contributed by atoms with E-state index in [1.54, 1.807) is 25.3 Å². The van der Waals surface area contributed by atoms with Crippen LogP contribution in [0.3, 0.4) is 0 Å². The minimum absolute atomic E-state index is 0.163. The molecule has 3 amide bonds. The molecule has 7 heteroatoms. The summed E-state index contributed by atoms with van der Waals surface area (Å²) in [6, 6.07) is 10.5. The average molecular weight is 397 g/mol. The van der Waals surface area contributed by atoms with Gasteiger partial charge in [-0.15, -0.1) is 0 Å². The Hall–Kier alpha value is -3.22. The van der Waals surface area contributed by atoms with Crippen molar-refractivity contribution in [2.75, 3.05) is 36.3 Å². The number of anilines is 3. The van der Waals surface area contributed by atoms with Crippen molar-refractivity contribution in [1.29, 1.82) is 0 Å². The van der Waals surface area contributed by atoms with Crippen LogP contribution < -0.4 is 25.0 Å². The summed E-state index contributed by atoms with van der Waals surface area (Å²) >= 11 is 0. The van der Waals surface area contributed by atoms with Gasteiger partial charge in [0.25, 0.3) is 0 Å². The Bertz CT molecular complexity index is 898. The molecule has 0 unspecified atom stereocenters. The third kappa shape index (κ3) is 4.80. The Balaban J connectivity index is 1.71. The van der Waals surface area contributed by atoms with Gasteiger partial charge >= 0.3 is 6.03 Å². The molecule has 0 saturated heterocycles. The van der Waals surface area contributed by atoms with Crippen LogP contribution in [0.25, 0.3) is 0 Å². The molecular weight excluding hydrogens is 370 g/mol. The molecule has 2 aromatic rings. The summed E-state index contributed by atoms with van der Waals surface area (Å²) in [6.45, 7) is 2.84. The van der Waals surface area contributed by atoms with Gasteiger partial charge < -0.3 is 25.0 Å². The second-order valence-corrected chi connectivity index (χ2v) is 6.89. The molecule has 0 aliphatic carbocycles. The first-order valence-electron chi connectivity index (χ1n) is 9.79. The molecule has 154 valence electrons. The molecule has 0 atom stereocenters. The van der Waals surface area contributed by atoms with Crippen LogP contribution in [-0.4, -0.2) is 32.7 Å². The van der Waals surface area contributed by atoms with Gasteiger partial charge in [0.1, 0.15) is 11.5 Å². The van der Waals surface area contributed by atoms with E-state index in [-0.39, 0.29) is 11.9 Å². The van der Waals surface area contributed by atoms with Crippen LogP contribution in [0, 0.1) is 0 Å². The Morgan fingerprint density at radius 3 is 2.62 bits per heavy atom. The van der Waals surface area contributed by atoms with Crippen LogP contribution >= 0.6 is 0 Å². The summed E-state index contributed by atoms with van der Waals surface area (Å²) in [5.74, 6) is 1.32. The number of amides is 3. The number of ether oxygens (including phenoxy) is 2. The van der Waals surface area contributed by atoms with Crippen molar-refractivity contribution >= 4 is 29.0 Å². The molecule has 0 fully saturated rings. The van der Waals surface area contributed by atoms with Gasteiger partial charge in [-0.25, -0.2) is 4.79 Å². The quantitative estimate of drug-likeness (QED) is 0.724. The van der Waals surface area contributed by atoms with E-state index in [0.717, 1.165) is 30.6 Å². The summed E-state index contributed by atoms with van der Waals surface area (Å²) in [5, 5.41) is 5.64. The molecule has 0 saturated carbocycles. The normalized spacial score (nSPS) is 12.9. The van der Waals surface area contributed by atoms with E-state index in [4.69, 9.17) is 9.47 Å². The Morgan fingerprint density at radius 1 is 1.07 bits per heavy atom. The molecule has 1 aliphatic rings. The molecule has 2 N–H and O–H groups in total. The predicted molar refractivity (Wildman–Crippen MR) is 114 cm³/mol. The number of methoxy groups -OCH3 is 2. The molecular formula is C22H27N3O4. The summed E-state index contributed by atoms with van der Waals surface area (Å²) < 4.78 is 10.5. The SMILES string of the molecule is CCCCN1C(=O)CCc2cc(NC(=O)Nc3ccc(OC)cc3OC)ccc21. The molecule has 0 spiro atoms. The van der Waals surface area contributed by atoms with Gasteiger partial charge in [0.2, 0.25) is 5.91 Å². The van der Waals surface area contributed by atoms with E-state index in [1.165, 1.54) is 7.11 Å². The van der Waals surface area contributed by atoms with Gasteiger partial charge in [-0.1, -0.05) is 13.3 Å². The van der Waals surface area contributed by atoms with Crippen LogP contribution in [0.15, 0.2) is 36.4 Å². The highest BCUT2D eigenvalue weighted by Crippen LogP contribution is 2.31. The van der Waals surface area contributed by atoms with Gasteiger partial charge in [0.15, 0.2) is 0 Å². The zero-order valence-corrected chi connectivity index (χ0v) is 17.1. The number of fused-ring (bicyclic) bond motifs is 1. The van der Waals surface area contributed by atoms with Crippen molar-refractivity contribution in [2.45, 2.75) is 32.6 Å². The molecule has 2 aromatic carbocycles. The Labute approximate surface area is 171 Å². The predicted octanol–water partition coefficient (Wildman–Crippen LogP) is 4.43. The Kier molecular flexibility index (Phi) is 6.59. The molecule has 29 heavy (non-hydrogen) atoms. The molecule has 0 radical (unpaired) electrons. The number of unbranched alkanes of at least 4 members (excludes halogenated alkanes) is 1. The molecule has 7 nitrogen and oxygen atoms in total. The highest BCUT2D eigenvalue weighted by atomic mass is 16.5. The third-order valence-electron chi connectivity index (χ3n) is 4.93. The fraction of sp³-hybridized carbons (Fsp3) is 0.364. The number of nitrogens with zero attached hydrogens (tertiary/aromatic N) is 1. The lowest BCUT2D eigenvalue weighted by Gasteiger charge is -2.29. The number of hydrogen-bond acceptors (Lipinski definition) is 4. The summed E-state index contributed by atoms with van der Waals surface area (Å²) in [5.41, 5.74) is 3.23. The summed E-state index contributed by atoms with van der Waals surface area (Å²) in [6.07, 6.45) is 3.18.